The second kappa shape index (κ2) is 6.09. The zero-order valence-electron chi connectivity index (χ0n) is 12.0. The number of hydrogen-bond acceptors (Lipinski definition) is 6. The van der Waals surface area contributed by atoms with Crippen LogP contribution >= 0.6 is 11.8 Å². The van der Waals surface area contributed by atoms with E-state index in [2.05, 4.69) is 9.97 Å². The summed E-state index contributed by atoms with van der Waals surface area (Å²) in [4.78, 5) is 29.7. The van der Waals surface area contributed by atoms with Gasteiger partial charge in [0.2, 0.25) is 5.12 Å². The number of ether oxygens (including phenoxy) is 1. The number of hydrogen-bond donors (Lipinski definition) is 1. The molecule has 116 valence electrons. The van der Waals surface area contributed by atoms with E-state index in [0.29, 0.717) is 27.5 Å². The van der Waals surface area contributed by atoms with Crippen LogP contribution in [0.4, 0.5) is 5.69 Å². The Morgan fingerprint density at radius 3 is 2.65 bits per heavy atom. The number of nitrogens with one attached hydrogen (secondary N) is 1. The standard InChI is InChI=1S/C15H11N3O4S/c1-22-11-5-2-9(3-6-11)14(19)23-15-16-12-7-4-10(18(20)21)8-13(12)17-15/h2-8H,1H3,(H,16,17). The molecule has 3 rings (SSSR count). The Bertz CT molecular complexity index is 889. The van der Waals surface area contributed by atoms with Crippen molar-refractivity contribution in [3.8, 4) is 5.75 Å². The molecule has 0 saturated heterocycles. The van der Waals surface area contributed by atoms with Crippen LogP contribution in [0.3, 0.4) is 0 Å². The van der Waals surface area contributed by atoms with E-state index in [1.54, 1.807) is 37.4 Å². The minimum absolute atomic E-state index is 0.0285. The molecule has 1 N–H and O–H groups in total. The van der Waals surface area contributed by atoms with Crippen molar-refractivity contribution in [3.63, 3.8) is 0 Å². The van der Waals surface area contributed by atoms with Gasteiger partial charge in [-0.3, -0.25) is 14.9 Å². The number of nitro benzene ring substituents is 1. The van der Waals surface area contributed by atoms with Crippen LogP contribution in [0, 0.1) is 10.1 Å². The number of aromatic amines is 1. The number of nitro groups is 1. The van der Waals surface area contributed by atoms with E-state index in [1.807, 2.05) is 0 Å². The van der Waals surface area contributed by atoms with Crippen molar-refractivity contribution >= 4 is 33.6 Å². The molecular formula is C15H11N3O4S. The largest absolute Gasteiger partial charge is 0.497 e. The number of aromatic nitrogens is 2. The average Bonchev–Trinajstić information content (AvgIpc) is 2.96. The van der Waals surface area contributed by atoms with Gasteiger partial charge in [0.15, 0.2) is 5.16 Å². The SMILES string of the molecule is COc1ccc(C(=O)Sc2nc3ccc([N+](=O)[O-])cc3[nH]2)cc1. The summed E-state index contributed by atoms with van der Waals surface area (Å²) in [6, 6.07) is 11.1. The van der Waals surface area contributed by atoms with Crippen LogP contribution in [0.25, 0.3) is 11.0 Å². The average molecular weight is 329 g/mol. The van der Waals surface area contributed by atoms with Crippen LogP contribution in [0.2, 0.25) is 0 Å². The number of imidazole rings is 1. The number of carbonyl (C=O) groups is 1. The van der Waals surface area contributed by atoms with Crippen LogP contribution in [-0.2, 0) is 0 Å². The maximum absolute atomic E-state index is 12.2. The minimum Gasteiger partial charge on any atom is -0.497 e. The van der Waals surface area contributed by atoms with Gasteiger partial charge in [-0.1, -0.05) is 0 Å². The van der Waals surface area contributed by atoms with Crippen LogP contribution in [0.1, 0.15) is 10.4 Å². The molecule has 23 heavy (non-hydrogen) atoms. The number of nitrogens with zero attached hydrogens (tertiary/aromatic N) is 2. The van der Waals surface area contributed by atoms with Gasteiger partial charge in [-0.05, 0) is 42.1 Å². The maximum atomic E-state index is 12.2. The molecule has 3 aromatic rings. The summed E-state index contributed by atoms with van der Waals surface area (Å²) in [6.07, 6.45) is 0. The summed E-state index contributed by atoms with van der Waals surface area (Å²) < 4.78 is 5.05. The maximum Gasteiger partial charge on any atom is 0.271 e. The number of thioether (sulfide) groups is 1. The first-order valence-corrected chi connectivity index (χ1v) is 7.39. The first kappa shape index (κ1) is 15.0. The Labute approximate surface area is 134 Å². The van der Waals surface area contributed by atoms with E-state index in [4.69, 9.17) is 4.74 Å². The molecule has 0 amide bonds. The van der Waals surface area contributed by atoms with Crippen LogP contribution < -0.4 is 4.74 Å². The highest BCUT2D eigenvalue weighted by atomic mass is 32.2. The number of carbonyl (C=O) groups excluding carboxylic acids is 1. The lowest BCUT2D eigenvalue weighted by atomic mass is 10.2. The van der Waals surface area contributed by atoms with Gasteiger partial charge in [0, 0.05) is 17.7 Å². The summed E-state index contributed by atoms with van der Waals surface area (Å²) in [5.74, 6) is 0.669. The monoisotopic (exact) mass is 329 g/mol. The van der Waals surface area contributed by atoms with Gasteiger partial charge >= 0.3 is 0 Å². The first-order chi connectivity index (χ1) is 11.1. The summed E-state index contributed by atoms with van der Waals surface area (Å²) >= 11 is 0.934. The number of methoxy groups -OCH3 is 1. The van der Waals surface area contributed by atoms with Crippen molar-refractivity contribution in [2.75, 3.05) is 7.11 Å². The molecular weight excluding hydrogens is 318 g/mol. The van der Waals surface area contributed by atoms with E-state index in [0.717, 1.165) is 11.8 Å². The van der Waals surface area contributed by atoms with E-state index >= 15 is 0 Å². The van der Waals surface area contributed by atoms with Crippen molar-refractivity contribution in [1.82, 2.24) is 9.97 Å². The number of fused-ring (bicyclic) bond motifs is 1. The molecule has 0 spiro atoms. The van der Waals surface area contributed by atoms with Gasteiger partial charge in [0.25, 0.3) is 5.69 Å². The predicted molar refractivity (Wildman–Crippen MR) is 85.9 cm³/mol. The Hall–Kier alpha value is -2.87. The number of non-ortho nitro benzene ring substituents is 1. The van der Waals surface area contributed by atoms with Gasteiger partial charge in [0.05, 0.1) is 23.1 Å². The molecule has 1 aromatic heterocycles. The Morgan fingerprint density at radius 2 is 2.00 bits per heavy atom. The molecule has 0 aliphatic heterocycles. The van der Waals surface area contributed by atoms with Crippen molar-refractivity contribution in [1.29, 1.82) is 0 Å². The zero-order valence-corrected chi connectivity index (χ0v) is 12.8. The third kappa shape index (κ3) is 3.16. The molecule has 0 radical (unpaired) electrons. The van der Waals surface area contributed by atoms with Gasteiger partial charge in [0.1, 0.15) is 5.75 Å². The fourth-order valence-corrected chi connectivity index (χ4v) is 2.74. The summed E-state index contributed by atoms with van der Waals surface area (Å²) in [5.41, 5.74) is 1.58. The molecule has 0 atom stereocenters. The van der Waals surface area contributed by atoms with Crippen molar-refractivity contribution in [2.24, 2.45) is 0 Å². The smallest absolute Gasteiger partial charge is 0.271 e. The van der Waals surface area contributed by atoms with E-state index < -0.39 is 4.92 Å². The Morgan fingerprint density at radius 1 is 1.26 bits per heavy atom. The normalized spacial score (nSPS) is 10.7. The second-order valence-electron chi connectivity index (χ2n) is 4.62. The van der Waals surface area contributed by atoms with Crippen molar-refractivity contribution in [2.45, 2.75) is 5.16 Å². The molecule has 0 bridgehead atoms. The summed E-state index contributed by atoms with van der Waals surface area (Å²) in [6.45, 7) is 0. The molecule has 0 saturated carbocycles. The van der Waals surface area contributed by atoms with Gasteiger partial charge in [-0.2, -0.15) is 0 Å². The van der Waals surface area contributed by atoms with Crippen molar-refractivity contribution in [3.05, 3.63) is 58.1 Å². The quantitative estimate of drug-likeness (QED) is 0.447. The Balaban J connectivity index is 1.82. The molecule has 1 heterocycles. The van der Waals surface area contributed by atoms with Gasteiger partial charge < -0.3 is 9.72 Å². The zero-order chi connectivity index (χ0) is 16.4. The lowest BCUT2D eigenvalue weighted by molar-refractivity contribution is -0.384. The summed E-state index contributed by atoms with van der Waals surface area (Å²) in [5, 5.41) is 11.0. The number of H-pyrrole nitrogens is 1. The number of rotatable bonds is 4. The molecule has 2 aromatic carbocycles. The third-order valence-electron chi connectivity index (χ3n) is 3.17. The van der Waals surface area contributed by atoms with Crippen molar-refractivity contribution < 1.29 is 14.5 Å². The highest BCUT2D eigenvalue weighted by molar-refractivity contribution is 8.14. The highest BCUT2D eigenvalue weighted by Crippen LogP contribution is 2.26. The first-order valence-electron chi connectivity index (χ1n) is 6.57. The molecule has 0 aliphatic carbocycles. The number of benzene rings is 2. The fraction of sp³-hybridized carbons (Fsp3) is 0.0667. The van der Waals surface area contributed by atoms with Crippen LogP contribution in [0.5, 0.6) is 5.75 Å². The summed E-state index contributed by atoms with van der Waals surface area (Å²) in [7, 11) is 1.55. The molecule has 0 fully saturated rings. The van der Waals surface area contributed by atoms with Gasteiger partial charge in [-0.15, -0.1) is 0 Å². The molecule has 7 nitrogen and oxygen atoms in total. The Kier molecular flexibility index (Phi) is 3.98. The molecule has 0 aliphatic rings. The van der Waals surface area contributed by atoms with E-state index in [-0.39, 0.29) is 10.8 Å². The van der Waals surface area contributed by atoms with Gasteiger partial charge in [-0.25, -0.2) is 4.98 Å². The molecule has 8 heteroatoms. The topological polar surface area (TPSA) is 98.1 Å². The lowest BCUT2D eigenvalue weighted by Crippen LogP contribution is -1.94. The second-order valence-corrected chi connectivity index (χ2v) is 5.58. The third-order valence-corrected chi connectivity index (χ3v) is 3.98. The van der Waals surface area contributed by atoms with E-state index in [1.165, 1.54) is 12.1 Å². The molecule has 0 unspecified atom stereocenters. The highest BCUT2D eigenvalue weighted by Gasteiger charge is 2.14. The predicted octanol–water partition coefficient (Wildman–Crippen LogP) is 3.41. The van der Waals surface area contributed by atoms with Crippen LogP contribution in [0.15, 0.2) is 47.6 Å². The minimum atomic E-state index is -0.477. The fourth-order valence-electron chi connectivity index (χ4n) is 2.01. The van der Waals surface area contributed by atoms with Crippen LogP contribution in [-0.4, -0.2) is 27.1 Å². The lowest BCUT2D eigenvalue weighted by Gasteiger charge is -2.01. The van der Waals surface area contributed by atoms with E-state index in [9.17, 15) is 14.9 Å².